The largest absolute Gasteiger partial charge is 0.497 e. The van der Waals surface area contributed by atoms with Gasteiger partial charge in [0.15, 0.2) is 0 Å². The lowest BCUT2D eigenvalue weighted by molar-refractivity contribution is -0.896. The monoisotopic (exact) mass is 394 g/mol. The number of benzene rings is 1. The van der Waals surface area contributed by atoms with Gasteiger partial charge in [-0.1, -0.05) is 6.92 Å². The number of hydrogen-bond donors (Lipinski definition) is 3. The second kappa shape index (κ2) is 13.0. The van der Waals surface area contributed by atoms with E-state index in [1.54, 1.807) is 32.4 Å². The molecule has 7 heteroatoms. The van der Waals surface area contributed by atoms with Gasteiger partial charge >= 0.3 is 0 Å². The summed E-state index contributed by atoms with van der Waals surface area (Å²) in [5.74, 6) is 0.999. The van der Waals surface area contributed by atoms with Crippen LogP contribution in [0.4, 0.5) is 5.69 Å². The van der Waals surface area contributed by atoms with Crippen molar-refractivity contribution in [3.63, 3.8) is 0 Å². The molecule has 0 saturated carbocycles. The number of carbonyl (C=O) groups excluding carboxylic acids is 2. The van der Waals surface area contributed by atoms with Crippen LogP contribution in [0.1, 0.15) is 40.0 Å². The van der Waals surface area contributed by atoms with Crippen LogP contribution in [0.15, 0.2) is 18.2 Å². The van der Waals surface area contributed by atoms with Crippen LogP contribution in [0.3, 0.4) is 0 Å². The molecule has 2 amide bonds. The van der Waals surface area contributed by atoms with Gasteiger partial charge in [-0.15, -0.1) is 0 Å². The van der Waals surface area contributed by atoms with E-state index in [1.165, 1.54) is 4.90 Å². The molecule has 3 N–H and O–H groups in total. The SMILES string of the molecule is CC[NH+](CC)CCCNC(=O)C[C@@H](C)CC(=O)Nc1ccc(OC)cc1OC. The number of amides is 2. The Bertz CT molecular complexity index is 618. The van der Waals surface area contributed by atoms with Crippen LogP contribution in [0, 0.1) is 5.92 Å². The van der Waals surface area contributed by atoms with Gasteiger partial charge in [0.2, 0.25) is 11.8 Å². The summed E-state index contributed by atoms with van der Waals surface area (Å²) in [6.07, 6.45) is 1.58. The summed E-state index contributed by atoms with van der Waals surface area (Å²) in [4.78, 5) is 25.9. The van der Waals surface area contributed by atoms with E-state index in [2.05, 4.69) is 24.5 Å². The number of nitrogens with one attached hydrogen (secondary N) is 3. The van der Waals surface area contributed by atoms with E-state index >= 15 is 0 Å². The van der Waals surface area contributed by atoms with E-state index in [1.807, 2.05) is 6.92 Å². The molecule has 0 radical (unpaired) electrons. The predicted octanol–water partition coefficient (Wildman–Crippen LogP) is 1.49. The molecule has 0 unspecified atom stereocenters. The van der Waals surface area contributed by atoms with Crippen LogP contribution < -0.4 is 25.0 Å². The zero-order chi connectivity index (χ0) is 20.9. The molecule has 0 aliphatic carbocycles. The minimum atomic E-state index is -0.145. The average molecular weight is 395 g/mol. The molecule has 0 fully saturated rings. The number of methoxy groups -OCH3 is 2. The predicted molar refractivity (Wildman–Crippen MR) is 111 cm³/mol. The quantitative estimate of drug-likeness (QED) is 0.443. The third-order valence-electron chi connectivity index (χ3n) is 4.78. The fraction of sp³-hybridized carbons (Fsp3) is 0.619. The Morgan fingerprint density at radius 3 is 2.36 bits per heavy atom. The van der Waals surface area contributed by atoms with E-state index in [-0.39, 0.29) is 24.2 Å². The van der Waals surface area contributed by atoms with Crippen molar-refractivity contribution < 1.29 is 24.0 Å². The first kappa shape index (κ1) is 23.8. The lowest BCUT2D eigenvalue weighted by Gasteiger charge is -2.16. The second-order valence-electron chi connectivity index (χ2n) is 7.04. The van der Waals surface area contributed by atoms with E-state index in [9.17, 15) is 9.59 Å². The maximum absolute atomic E-state index is 12.3. The molecular formula is C21H36N3O4+. The van der Waals surface area contributed by atoms with E-state index < -0.39 is 0 Å². The van der Waals surface area contributed by atoms with Gasteiger partial charge in [0.1, 0.15) is 11.5 Å². The van der Waals surface area contributed by atoms with Crippen molar-refractivity contribution in [2.75, 3.05) is 45.7 Å². The molecule has 1 aromatic carbocycles. The highest BCUT2D eigenvalue weighted by atomic mass is 16.5. The van der Waals surface area contributed by atoms with Gasteiger partial charge in [0.25, 0.3) is 0 Å². The molecule has 0 heterocycles. The number of rotatable bonds is 13. The summed E-state index contributed by atoms with van der Waals surface area (Å²) in [6, 6.07) is 5.21. The minimum Gasteiger partial charge on any atom is -0.497 e. The van der Waals surface area contributed by atoms with Gasteiger partial charge in [0, 0.05) is 31.9 Å². The van der Waals surface area contributed by atoms with Gasteiger partial charge in [-0.3, -0.25) is 9.59 Å². The highest BCUT2D eigenvalue weighted by Gasteiger charge is 2.15. The summed E-state index contributed by atoms with van der Waals surface area (Å²) in [5.41, 5.74) is 0.587. The van der Waals surface area contributed by atoms with Crippen molar-refractivity contribution in [1.29, 1.82) is 0 Å². The maximum Gasteiger partial charge on any atom is 0.224 e. The van der Waals surface area contributed by atoms with Gasteiger partial charge in [-0.05, 0) is 31.9 Å². The fourth-order valence-electron chi connectivity index (χ4n) is 3.05. The smallest absolute Gasteiger partial charge is 0.224 e. The normalized spacial score (nSPS) is 11.8. The summed E-state index contributed by atoms with van der Waals surface area (Å²) < 4.78 is 10.4. The number of carbonyl (C=O) groups is 2. The Labute approximate surface area is 168 Å². The Hall–Kier alpha value is -2.28. The number of quaternary nitrogens is 1. The van der Waals surface area contributed by atoms with Crippen molar-refractivity contribution in [2.24, 2.45) is 5.92 Å². The fourth-order valence-corrected chi connectivity index (χ4v) is 3.05. The van der Waals surface area contributed by atoms with Crippen LogP contribution in [-0.4, -0.2) is 52.2 Å². The Kier molecular flexibility index (Phi) is 11.0. The van der Waals surface area contributed by atoms with Crippen molar-refractivity contribution >= 4 is 17.5 Å². The first-order valence-electron chi connectivity index (χ1n) is 10.1. The molecule has 1 rings (SSSR count). The van der Waals surface area contributed by atoms with Crippen molar-refractivity contribution in [3.05, 3.63) is 18.2 Å². The van der Waals surface area contributed by atoms with Gasteiger partial charge < -0.3 is 25.0 Å². The Morgan fingerprint density at radius 1 is 1.07 bits per heavy atom. The Morgan fingerprint density at radius 2 is 1.75 bits per heavy atom. The zero-order valence-corrected chi connectivity index (χ0v) is 17.9. The Balaban J connectivity index is 2.37. The van der Waals surface area contributed by atoms with Crippen LogP contribution >= 0.6 is 0 Å². The van der Waals surface area contributed by atoms with Crippen molar-refractivity contribution in [2.45, 2.75) is 40.0 Å². The standard InChI is InChI=1S/C21H35N3O4/c1-6-24(7-2)12-8-11-22-20(25)13-16(3)14-21(26)23-18-10-9-17(27-4)15-19(18)28-5/h9-10,15-16H,6-8,11-14H2,1-5H3,(H,22,25)(H,23,26)/p+1/t16-/m1/s1. The van der Waals surface area contributed by atoms with Crippen LogP contribution in [-0.2, 0) is 9.59 Å². The van der Waals surface area contributed by atoms with Gasteiger partial charge in [0.05, 0.1) is 39.5 Å². The molecule has 0 spiro atoms. The van der Waals surface area contributed by atoms with E-state index in [4.69, 9.17) is 9.47 Å². The highest BCUT2D eigenvalue weighted by molar-refractivity contribution is 5.92. The molecule has 0 aliphatic heterocycles. The lowest BCUT2D eigenvalue weighted by atomic mass is 10.0. The topological polar surface area (TPSA) is 81.1 Å². The van der Waals surface area contributed by atoms with Crippen molar-refractivity contribution in [3.8, 4) is 11.5 Å². The molecule has 7 nitrogen and oxygen atoms in total. The van der Waals surface area contributed by atoms with Crippen LogP contribution in [0.2, 0.25) is 0 Å². The van der Waals surface area contributed by atoms with Crippen LogP contribution in [0.25, 0.3) is 0 Å². The van der Waals surface area contributed by atoms with Crippen LogP contribution in [0.5, 0.6) is 11.5 Å². The third-order valence-corrected chi connectivity index (χ3v) is 4.78. The van der Waals surface area contributed by atoms with Gasteiger partial charge in [-0.25, -0.2) is 0 Å². The molecule has 1 aromatic rings. The zero-order valence-electron chi connectivity index (χ0n) is 17.9. The molecule has 1 atom stereocenters. The maximum atomic E-state index is 12.3. The molecule has 158 valence electrons. The molecule has 0 bridgehead atoms. The van der Waals surface area contributed by atoms with E-state index in [0.29, 0.717) is 30.2 Å². The summed E-state index contributed by atoms with van der Waals surface area (Å²) >= 11 is 0. The lowest BCUT2D eigenvalue weighted by Crippen LogP contribution is -3.11. The number of anilines is 1. The molecule has 0 saturated heterocycles. The third kappa shape index (κ3) is 8.61. The number of hydrogen-bond acceptors (Lipinski definition) is 4. The highest BCUT2D eigenvalue weighted by Crippen LogP contribution is 2.29. The first-order chi connectivity index (χ1) is 13.4. The molecule has 0 aromatic heterocycles. The van der Waals surface area contributed by atoms with Crippen molar-refractivity contribution in [1.82, 2.24) is 5.32 Å². The summed E-state index contributed by atoms with van der Waals surface area (Å²) in [6.45, 7) is 10.2. The average Bonchev–Trinajstić information content (AvgIpc) is 2.68. The summed E-state index contributed by atoms with van der Waals surface area (Å²) in [5, 5.41) is 5.79. The molecule has 0 aliphatic rings. The van der Waals surface area contributed by atoms with E-state index in [0.717, 1.165) is 26.1 Å². The van der Waals surface area contributed by atoms with Gasteiger partial charge in [-0.2, -0.15) is 0 Å². The second-order valence-corrected chi connectivity index (χ2v) is 7.04. The molecular weight excluding hydrogens is 358 g/mol. The summed E-state index contributed by atoms with van der Waals surface area (Å²) in [7, 11) is 3.11. The first-order valence-corrected chi connectivity index (χ1v) is 10.1. The number of ether oxygens (including phenoxy) is 2. The molecule has 28 heavy (non-hydrogen) atoms. The minimum absolute atomic E-state index is 0.00289.